The molecule has 0 spiro atoms. The van der Waals surface area contributed by atoms with Gasteiger partial charge >= 0.3 is 0 Å². The van der Waals surface area contributed by atoms with Gasteiger partial charge < -0.3 is 5.32 Å². The Morgan fingerprint density at radius 1 is 1.60 bits per heavy atom. The first-order valence-electron chi connectivity index (χ1n) is 5.72. The fourth-order valence-electron chi connectivity index (χ4n) is 1.48. The van der Waals surface area contributed by atoms with Crippen LogP contribution < -0.4 is 5.32 Å². The summed E-state index contributed by atoms with van der Waals surface area (Å²) in [4.78, 5) is 16.7. The van der Waals surface area contributed by atoms with Crippen molar-refractivity contribution in [2.24, 2.45) is 0 Å². The number of nitrogens with one attached hydrogen (secondary N) is 1. The molecule has 0 atom stereocenters. The molecule has 0 saturated heterocycles. The molecular weight excluding hydrogens is 338 g/mol. The van der Waals surface area contributed by atoms with Gasteiger partial charge in [0.2, 0.25) is 0 Å². The van der Waals surface area contributed by atoms with Crippen LogP contribution in [0.1, 0.15) is 10.4 Å². The van der Waals surface area contributed by atoms with Crippen LogP contribution in [-0.2, 0) is 11.3 Å². The minimum Gasteiger partial charge on any atom is -0.347 e. The molecular formula is C14H10BrN3OS. The second-order valence-electron chi connectivity index (χ2n) is 3.88. The summed E-state index contributed by atoms with van der Waals surface area (Å²) >= 11 is 4.79. The third kappa shape index (κ3) is 4.02. The van der Waals surface area contributed by atoms with E-state index in [9.17, 15) is 4.79 Å². The van der Waals surface area contributed by atoms with Gasteiger partial charge in [-0.2, -0.15) is 5.26 Å². The lowest BCUT2D eigenvalue weighted by Gasteiger charge is -2.03. The quantitative estimate of drug-likeness (QED) is 0.682. The molecule has 0 saturated carbocycles. The van der Waals surface area contributed by atoms with Crippen molar-refractivity contribution in [3.8, 4) is 6.07 Å². The van der Waals surface area contributed by atoms with Crippen LogP contribution in [-0.4, -0.2) is 10.9 Å². The second kappa shape index (κ2) is 6.98. The number of hydrogen-bond acceptors (Lipinski definition) is 4. The minimum absolute atomic E-state index is 0.0863. The maximum Gasteiger partial charge on any atom is 0.262 e. The summed E-state index contributed by atoms with van der Waals surface area (Å²) in [5.41, 5.74) is 0.972. The van der Waals surface area contributed by atoms with Crippen LogP contribution in [0, 0.1) is 11.3 Å². The molecule has 20 heavy (non-hydrogen) atoms. The van der Waals surface area contributed by atoms with Gasteiger partial charge in [-0.15, -0.1) is 11.3 Å². The van der Waals surface area contributed by atoms with Gasteiger partial charge in [0, 0.05) is 33.7 Å². The fourth-order valence-corrected chi connectivity index (χ4v) is 2.85. The number of nitrogens with zero attached hydrogens (tertiary/aromatic N) is 2. The third-order valence-corrected chi connectivity index (χ3v) is 4.06. The molecule has 0 aromatic carbocycles. The van der Waals surface area contributed by atoms with E-state index in [1.165, 1.54) is 11.3 Å². The lowest BCUT2D eigenvalue weighted by molar-refractivity contribution is -0.117. The molecule has 2 heterocycles. The Morgan fingerprint density at radius 3 is 3.05 bits per heavy atom. The number of nitriles is 1. The highest BCUT2D eigenvalue weighted by Gasteiger charge is 2.09. The van der Waals surface area contributed by atoms with E-state index in [0.717, 1.165) is 14.9 Å². The number of thiophene rings is 1. The van der Waals surface area contributed by atoms with Gasteiger partial charge in [-0.25, -0.2) is 0 Å². The molecule has 2 aromatic heterocycles. The number of hydrogen-bond donors (Lipinski definition) is 1. The monoisotopic (exact) mass is 347 g/mol. The van der Waals surface area contributed by atoms with Crippen molar-refractivity contribution in [2.45, 2.75) is 6.54 Å². The Kier molecular flexibility index (Phi) is 5.04. The number of pyridine rings is 1. The molecule has 2 rings (SSSR count). The van der Waals surface area contributed by atoms with Gasteiger partial charge in [0.1, 0.15) is 11.6 Å². The van der Waals surface area contributed by atoms with Crippen LogP contribution in [0.5, 0.6) is 0 Å². The number of aromatic nitrogens is 1. The summed E-state index contributed by atoms with van der Waals surface area (Å²) in [6, 6.07) is 7.44. The van der Waals surface area contributed by atoms with Crippen molar-refractivity contribution >= 4 is 39.2 Å². The lowest BCUT2D eigenvalue weighted by Crippen LogP contribution is -2.23. The number of carbonyl (C=O) groups is 1. The van der Waals surface area contributed by atoms with Crippen LogP contribution in [0.15, 0.2) is 46.0 Å². The predicted octanol–water partition coefficient (Wildman–Crippen LogP) is 3.13. The smallest absolute Gasteiger partial charge is 0.262 e. The van der Waals surface area contributed by atoms with E-state index in [1.807, 2.05) is 23.6 Å². The van der Waals surface area contributed by atoms with E-state index >= 15 is 0 Å². The van der Waals surface area contributed by atoms with Crippen molar-refractivity contribution in [3.05, 3.63) is 56.5 Å². The molecule has 1 N–H and O–H groups in total. The van der Waals surface area contributed by atoms with Gasteiger partial charge in [0.25, 0.3) is 5.91 Å². The first-order chi connectivity index (χ1) is 9.69. The predicted molar refractivity (Wildman–Crippen MR) is 81.7 cm³/mol. The van der Waals surface area contributed by atoms with Crippen molar-refractivity contribution < 1.29 is 4.79 Å². The van der Waals surface area contributed by atoms with Gasteiger partial charge in [-0.3, -0.25) is 9.78 Å². The van der Waals surface area contributed by atoms with Crippen LogP contribution in [0.3, 0.4) is 0 Å². The van der Waals surface area contributed by atoms with E-state index in [4.69, 9.17) is 5.26 Å². The van der Waals surface area contributed by atoms with Crippen molar-refractivity contribution in [3.63, 3.8) is 0 Å². The van der Waals surface area contributed by atoms with Crippen molar-refractivity contribution in [1.29, 1.82) is 5.26 Å². The molecule has 0 aliphatic carbocycles. The van der Waals surface area contributed by atoms with E-state index in [1.54, 1.807) is 24.5 Å². The Morgan fingerprint density at radius 2 is 2.45 bits per heavy atom. The zero-order valence-corrected chi connectivity index (χ0v) is 12.7. The van der Waals surface area contributed by atoms with Gasteiger partial charge in [0.05, 0.1) is 0 Å². The van der Waals surface area contributed by atoms with Gasteiger partial charge in [-0.05, 0) is 39.7 Å². The minimum atomic E-state index is -0.388. The maximum atomic E-state index is 11.9. The summed E-state index contributed by atoms with van der Waals surface area (Å²) in [6.07, 6.45) is 4.92. The highest BCUT2D eigenvalue weighted by atomic mass is 79.9. The Bertz CT molecular complexity index is 673. The van der Waals surface area contributed by atoms with Crippen molar-refractivity contribution in [2.75, 3.05) is 0 Å². The van der Waals surface area contributed by atoms with Crippen LogP contribution in [0.25, 0.3) is 6.08 Å². The summed E-state index contributed by atoms with van der Waals surface area (Å²) < 4.78 is 0.932. The summed E-state index contributed by atoms with van der Waals surface area (Å²) in [6.45, 7) is 0.347. The van der Waals surface area contributed by atoms with Gasteiger partial charge in [-0.1, -0.05) is 6.07 Å². The molecule has 0 fully saturated rings. The van der Waals surface area contributed by atoms with E-state index in [-0.39, 0.29) is 11.5 Å². The molecule has 0 unspecified atom stereocenters. The fraction of sp³-hybridized carbons (Fsp3) is 0.0714. The summed E-state index contributed by atoms with van der Waals surface area (Å²) in [5, 5.41) is 13.7. The largest absolute Gasteiger partial charge is 0.347 e. The Labute approximate surface area is 128 Å². The lowest BCUT2D eigenvalue weighted by atomic mass is 10.2. The van der Waals surface area contributed by atoms with E-state index in [0.29, 0.717) is 6.54 Å². The standard InChI is InChI=1S/C14H10BrN3OS/c15-12-5-13(20-9-12)4-11(6-16)14(19)18-8-10-2-1-3-17-7-10/h1-5,7,9H,8H2,(H,18,19)/b11-4+. The zero-order chi connectivity index (χ0) is 14.4. The molecule has 0 aliphatic heterocycles. The Balaban J connectivity index is 2.03. The maximum absolute atomic E-state index is 11.9. The van der Waals surface area contributed by atoms with Gasteiger partial charge in [0.15, 0.2) is 0 Å². The highest BCUT2D eigenvalue weighted by Crippen LogP contribution is 2.22. The number of rotatable bonds is 4. The first-order valence-corrected chi connectivity index (χ1v) is 7.39. The third-order valence-electron chi connectivity index (χ3n) is 2.42. The topological polar surface area (TPSA) is 65.8 Å². The molecule has 2 aromatic rings. The number of amides is 1. The summed E-state index contributed by atoms with van der Waals surface area (Å²) in [7, 11) is 0. The normalized spacial score (nSPS) is 10.9. The van der Waals surface area contributed by atoms with Crippen molar-refractivity contribution in [1.82, 2.24) is 10.3 Å². The molecule has 4 nitrogen and oxygen atoms in total. The Hall–Kier alpha value is -1.97. The average Bonchev–Trinajstić information content (AvgIpc) is 2.88. The van der Waals surface area contributed by atoms with Crippen LogP contribution >= 0.6 is 27.3 Å². The average molecular weight is 348 g/mol. The zero-order valence-electron chi connectivity index (χ0n) is 10.3. The van der Waals surface area contributed by atoms with Crippen LogP contribution in [0.4, 0.5) is 0 Å². The number of carbonyl (C=O) groups excluding carboxylic acids is 1. The molecule has 100 valence electrons. The molecule has 0 aliphatic rings. The van der Waals surface area contributed by atoms with E-state index in [2.05, 4.69) is 26.2 Å². The molecule has 0 radical (unpaired) electrons. The molecule has 0 bridgehead atoms. The number of halogens is 1. The molecule has 6 heteroatoms. The van der Waals surface area contributed by atoms with Crippen LogP contribution in [0.2, 0.25) is 0 Å². The first kappa shape index (κ1) is 14.4. The highest BCUT2D eigenvalue weighted by molar-refractivity contribution is 9.10. The SMILES string of the molecule is N#C/C(=C\c1cc(Br)cs1)C(=O)NCc1cccnc1. The van der Waals surface area contributed by atoms with E-state index < -0.39 is 0 Å². The summed E-state index contributed by atoms with van der Waals surface area (Å²) in [5.74, 6) is -0.388. The molecule has 1 amide bonds. The second-order valence-corrected chi connectivity index (χ2v) is 5.74.